The van der Waals surface area contributed by atoms with Crippen molar-refractivity contribution < 1.29 is 33.6 Å². The standard InChI is InChI=1S/C19H24N2O7/c1-4-26-19(27-6-5-22)15-8-17(24-2)21-11-16(15)28-12-13-7-14(10-20-9-13)18(23)25-3/h7-11,19,22H,4-6,12H2,1-3H3. The first-order chi connectivity index (χ1) is 13.6. The zero-order valence-electron chi connectivity index (χ0n) is 16.1. The van der Waals surface area contributed by atoms with E-state index in [1.54, 1.807) is 18.3 Å². The topological polar surface area (TPSA) is 109 Å². The summed E-state index contributed by atoms with van der Waals surface area (Å²) < 4.78 is 26.9. The van der Waals surface area contributed by atoms with Gasteiger partial charge >= 0.3 is 5.97 Å². The van der Waals surface area contributed by atoms with Crippen molar-refractivity contribution >= 4 is 5.97 Å². The molecule has 0 aliphatic heterocycles. The molecule has 0 aliphatic carbocycles. The highest BCUT2D eigenvalue weighted by atomic mass is 16.7. The summed E-state index contributed by atoms with van der Waals surface area (Å²) in [5.74, 6) is 0.310. The number of nitrogens with zero attached hydrogens (tertiary/aromatic N) is 2. The highest BCUT2D eigenvalue weighted by Crippen LogP contribution is 2.31. The summed E-state index contributed by atoms with van der Waals surface area (Å²) in [4.78, 5) is 19.8. The van der Waals surface area contributed by atoms with Crippen LogP contribution in [0.25, 0.3) is 0 Å². The minimum atomic E-state index is -0.761. The van der Waals surface area contributed by atoms with E-state index in [2.05, 4.69) is 9.97 Å². The number of aromatic nitrogens is 2. The number of pyridine rings is 2. The number of rotatable bonds is 11. The number of methoxy groups -OCH3 is 2. The molecule has 0 aromatic carbocycles. The molecular formula is C19H24N2O7. The minimum absolute atomic E-state index is 0.0971. The van der Waals surface area contributed by atoms with Gasteiger partial charge in [0.15, 0.2) is 6.29 Å². The molecule has 0 bridgehead atoms. The van der Waals surface area contributed by atoms with E-state index in [4.69, 9.17) is 28.8 Å². The second-order valence-corrected chi connectivity index (χ2v) is 5.51. The van der Waals surface area contributed by atoms with Crippen LogP contribution in [0.2, 0.25) is 0 Å². The Hall–Kier alpha value is -2.75. The summed E-state index contributed by atoms with van der Waals surface area (Å²) in [6, 6.07) is 3.29. The van der Waals surface area contributed by atoms with Crippen LogP contribution in [0.3, 0.4) is 0 Å². The molecule has 0 aliphatic rings. The maximum absolute atomic E-state index is 11.6. The average Bonchev–Trinajstić information content (AvgIpc) is 2.74. The van der Waals surface area contributed by atoms with Crippen molar-refractivity contribution in [3.8, 4) is 11.6 Å². The number of ether oxygens (including phenoxy) is 5. The third kappa shape index (κ3) is 5.88. The largest absolute Gasteiger partial charge is 0.487 e. The fourth-order valence-corrected chi connectivity index (χ4v) is 2.35. The lowest BCUT2D eigenvalue weighted by atomic mass is 10.2. The normalized spacial score (nSPS) is 11.7. The Labute approximate surface area is 163 Å². The molecule has 152 valence electrons. The van der Waals surface area contributed by atoms with Crippen LogP contribution >= 0.6 is 0 Å². The molecule has 1 atom stereocenters. The lowest BCUT2D eigenvalue weighted by Crippen LogP contribution is -2.14. The summed E-state index contributed by atoms with van der Waals surface area (Å²) >= 11 is 0. The molecule has 9 heteroatoms. The molecule has 0 spiro atoms. The third-order valence-electron chi connectivity index (χ3n) is 3.62. The van der Waals surface area contributed by atoms with Crippen molar-refractivity contribution in [1.82, 2.24) is 9.97 Å². The molecule has 28 heavy (non-hydrogen) atoms. The molecule has 1 N–H and O–H groups in total. The van der Waals surface area contributed by atoms with Gasteiger partial charge in [0.05, 0.1) is 44.8 Å². The third-order valence-corrected chi connectivity index (χ3v) is 3.62. The number of esters is 1. The lowest BCUT2D eigenvalue weighted by Gasteiger charge is -2.21. The first-order valence-electron chi connectivity index (χ1n) is 8.65. The smallest absolute Gasteiger partial charge is 0.339 e. The van der Waals surface area contributed by atoms with E-state index in [-0.39, 0.29) is 19.8 Å². The monoisotopic (exact) mass is 392 g/mol. The number of hydrogen-bond donors (Lipinski definition) is 1. The fraction of sp³-hybridized carbons (Fsp3) is 0.421. The summed E-state index contributed by atoms with van der Waals surface area (Å²) in [6.07, 6.45) is 3.75. The Kier molecular flexibility index (Phi) is 8.60. The van der Waals surface area contributed by atoms with Gasteiger partial charge in [0.1, 0.15) is 12.4 Å². The molecule has 0 radical (unpaired) electrons. The van der Waals surface area contributed by atoms with Crippen molar-refractivity contribution in [1.29, 1.82) is 0 Å². The first-order valence-corrected chi connectivity index (χ1v) is 8.65. The Morgan fingerprint density at radius 2 is 2.00 bits per heavy atom. The van der Waals surface area contributed by atoms with Crippen LogP contribution in [0.5, 0.6) is 11.6 Å². The average molecular weight is 392 g/mol. The van der Waals surface area contributed by atoms with Crippen molar-refractivity contribution in [2.45, 2.75) is 19.8 Å². The zero-order chi connectivity index (χ0) is 20.4. The SMILES string of the molecule is CCOC(OCCO)c1cc(OC)ncc1OCc1cncc(C(=O)OC)c1. The van der Waals surface area contributed by atoms with Gasteiger partial charge in [-0.3, -0.25) is 4.98 Å². The van der Waals surface area contributed by atoms with Crippen molar-refractivity contribution in [2.24, 2.45) is 0 Å². The molecular weight excluding hydrogens is 368 g/mol. The number of aliphatic hydroxyl groups is 1. The molecule has 2 heterocycles. The number of carbonyl (C=O) groups excluding carboxylic acids is 1. The van der Waals surface area contributed by atoms with Crippen LogP contribution in [0.15, 0.2) is 30.7 Å². The highest BCUT2D eigenvalue weighted by Gasteiger charge is 2.20. The van der Waals surface area contributed by atoms with Gasteiger partial charge in [-0.05, 0) is 13.0 Å². The van der Waals surface area contributed by atoms with Gasteiger partial charge in [0.25, 0.3) is 0 Å². The van der Waals surface area contributed by atoms with Crippen molar-refractivity contribution in [3.05, 3.63) is 47.4 Å². The van der Waals surface area contributed by atoms with Crippen LogP contribution < -0.4 is 9.47 Å². The predicted molar refractivity (Wildman–Crippen MR) is 98.1 cm³/mol. The van der Waals surface area contributed by atoms with E-state index in [0.29, 0.717) is 34.9 Å². The molecule has 0 saturated heterocycles. The molecule has 9 nitrogen and oxygen atoms in total. The Morgan fingerprint density at radius 1 is 1.18 bits per heavy atom. The van der Waals surface area contributed by atoms with Crippen LogP contribution in [-0.2, 0) is 20.8 Å². The highest BCUT2D eigenvalue weighted by molar-refractivity contribution is 5.89. The summed E-state index contributed by atoms with van der Waals surface area (Å²) in [5.41, 5.74) is 1.57. The molecule has 2 rings (SSSR count). The van der Waals surface area contributed by atoms with Crippen LogP contribution in [0, 0.1) is 0 Å². The first kappa shape index (κ1) is 21.5. The summed E-state index contributed by atoms with van der Waals surface area (Å²) in [6.45, 7) is 2.31. The summed E-state index contributed by atoms with van der Waals surface area (Å²) in [7, 11) is 2.81. The number of carbonyl (C=O) groups is 1. The Balaban J connectivity index is 2.23. The van der Waals surface area contributed by atoms with Gasteiger partial charge in [-0.2, -0.15) is 0 Å². The van der Waals surface area contributed by atoms with E-state index in [9.17, 15) is 4.79 Å². The van der Waals surface area contributed by atoms with E-state index >= 15 is 0 Å². The Morgan fingerprint density at radius 3 is 2.68 bits per heavy atom. The zero-order valence-corrected chi connectivity index (χ0v) is 16.1. The second kappa shape index (κ2) is 11.2. The second-order valence-electron chi connectivity index (χ2n) is 5.51. The lowest BCUT2D eigenvalue weighted by molar-refractivity contribution is -0.149. The van der Waals surface area contributed by atoms with E-state index in [1.807, 2.05) is 6.92 Å². The molecule has 2 aromatic heterocycles. The van der Waals surface area contributed by atoms with E-state index < -0.39 is 12.3 Å². The van der Waals surface area contributed by atoms with Gasteiger partial charge in [-0.25, -0.2) is 9.78 Å². The molecule has 1 unspecified atom stereocenters. The fourth-order valence-electron chi connectivity index (χ4n) is 2.35. The van der Waals surface area contributed by atoms with Gasteiger partial charge in [-0.1, -0.05) is 0 Å². The quantitative estimate of drug-likeness (QED) is 0.453. The van der Waals surface area contributed by atoms with E-state index in [0.717, 1.165) is 0 Å². The maximum Gasteiger partial charge on any atom is 0.339 e. The molecule has 0 fully saturated rings. The minimum Gasteiger partial charge on any atom is -0.487 e. The predicted octanol–water partition coefficient (Wildman–Crippen LogP) is 1.89. The Bertz CT molecular complexity index is 770. The molecule has 0 amide bonds. The van der Waals surface area contributed by atoms with Gasteiger partial charge in [0, 0.05) is 30.6 Å². The van der Waals surface area contributed by atoms with Crippen molar-refractivity contribution in [3.63, 3.8) is 0 Å². The maximum atomic E-state index is 11.6. The number of aliphatic hydroxyl groups excluding tert-OH is 1. The van der Waals surface area contributed by atoms with Gasteiger partial charge in [0.2, 0.25) is 5.88 Å². The summed E-state index contributed by atoms with van der Waals surface area (Å²) in [5, 5.41) is 9.05. The number of hydrogen-bond acceptors (Lipinski definition) is 9. The molecule has 0 saturated carbocycles. The van der Waals surface area contributed by atoms with Crippen molar-refractivity contribution in [2.75, 3.05) is 34.0 Å². The van der Waals surface area contributed by atoms with Crippen LogP contribution in [0.4, 0.5) is 0 Å². The van der Waals surface area contributed by atoms with E-state index in [1.165, 1.54) is 26.6 Å². The van der Waals surface area contributed by atoms with Gasteiger partial charge < -0.3 is 28.8 Å². The van der Waals surface area contributed by atoms with Gasteiger partial charge in [-0.15, -0.1) is 0 Å². The van der Waals surface area contributed by atoms with Crippen LogP contribution in [-0.4, -0.2) is 55.1 Å². The molecule has 2 aromatic rings. The van der Waals surface area contributed by atoms with Crippen LogP contribution in [0.1, 0.15) is 34.7 Å².